The average Bonchev–Trinajstić information content (AvgIpc) is 2.82. The number of sulfone groups is 1. The van der Waals surface area contributed by atoms with Crippen molar-refractivity contribution in [2.75, 3.05) is 31.4 Å². The van der Waals surface area contributed by atoms with Gasteiger partial charge in [0.15, 0.2) is 9.84 Å². The van der Waals surface area contributed by atoms with E-state index in [-0.39, 0.29) is 23.5 Å². The standard InChI is InChI=1S/C17H26N2O3S2/c1-13-5-6-16(11-14(13)2)23-9-7-17(20)19(18(3)4)15-8-10-24(21,22)12-15/h5-6,11,15H,7-10,12H2,1-4H3. The van der Waals surface area contributed by atoms with Gasteiger partial charge in [-0.1, -0.05) is 6.07 Å². The predicted molar refractivity (Wildman–Crippen MR) is 98.8 cm³/mol. The minimum atomic E-state index is -3.01. The summed E-state index contributed by atoms with van der Waals surface area (Å²) in [4.78, 5) is 13.7. The zero-order valence-corrected chi connectivity index (χ0v) is 16.4. The van der Waals surface area contributed by atoms with Gasteiger partial charge in [0.05, 0.1) is 17.5 Å². The fraction of sp³-hybridized carbons (Fsp3) is 0.588. The summed E-state index contributed by atoms with van der Waals surface area (Å²) < 4.78 is 23.4. The fourth-order valence-corrected chi connectivity index (χ4v) is 5.52. The van der Waals surface area contributed by atoms with Crippen LogP contribution in [0.25, 0.3) is 0 Å². The molecule has 1 unspecified atom stereocenters. The minimum Gasteiger partial charge on any atom is -0.273 e. The third kappa shape index (κ3) is 4.97. The van der Waals surface area contributed by atoms with Gasteiger partial charge in [-0.15, -0.1) is 11.8 Å². The van der Waals surface area contributed by atoms with Crippen molar-refractivity contribution in [3.05, 3.63) is 29.3 Å². The molecule has 0 saturated carbocycles. The average molecular weight is 371 g/mol. The molecule has 5 nitrogen and oxygen atoms in total. The Bertz CT molecular complexity index is 702. The van der Waals surface area contributed by atoms with Crippen LogP contribution in [0.4, 0.5) is 0 Å². The van der Waals surface area contributed by atoms with Crippen LogP contribution in [0.15, 0.2) is 23.1 Å². The fourth-order valence-electron chi connectivity index (χ4n) is 2.90. The quantitative estimate of drug-likeness (QED) is 0.568. The van der Waals surface area contributed by atoms with E-state index in [0.29, 0.717) is 18.6 Å². The van der Waals surface area contributed by atoms with Crippen LogP contribution in [-0.2, 0) is 14.6 Å². The number of rotatable bonds is 6. The highest BCUT2D eigenvalue weighted by atomic mass is 32.2. The molecular formula is C17H26N2O3S2. The summed E-state index contributed by atoms with van der Waals surface area (Å²) in [5.74, 6) is 0.914. The van der Waals surface area contributed by atoms with E-state index >= 15 is 0 Å². The molecule has 1 heterocycles. The molecule has 1 aromatic rings. The predicted octanol–water partition coefficient (Wildman–Crippen LogP) is 2.28. The molecule has 1 fully saturated rings. The van der Waals surface area contributed by atoms with Gasteiger partial charge in [-0.05, 0) is 43.5 Å². The SMILES string of the molecule is Cc1ccc(SCCC(=O)N(C2CCS(=O)(=O)C2)N(C)C)cc1C. The Balaban J connectivity index is 1.92. The van der Waals surface area contributed by atoms with Crippen LogP contribution in [0.1, 0.15) is 24.0 Å². The second-order valence-electron chi connectivity index (χ2n) is 6.49. The first kappa shape index (κ1) is 19.3. The summed E-state index contributed by atoms with van der Waals surface area (Å²) in [6.45, 7) is 4.16. The Kier molecular flexibility index (Phi) is 6.33. The lowest BCUT2D eigenvalue weighted by atomic mass is 10.1. The van der Waals surface area contributed by atoms with Crippen LogP contribution in [0.3, 0.4) is 0 Å². The van der Waals surface area contributed by atoms with Crippen LogP contribution >= 0.6 is 11.8 Å². The molecule has 0 radical (unpaired) electrons. The van der Waals surface area contributed by atoms with Crippen molar-refractivity contribution in [2.45, 2.75) is 37.6 Å². The number of nitrogens with zero attached hydrogens (tertiary/aromatic N) is 2. The van der Waals surface area contributed by atoms with Crippen molar-refractivity contribution in [3.8, 4) is 0 Å². The normalized spacial score (nSPS) is 19.6. The minimum absolute atomic E-state index is 0.0153. The van der Waals surface area contributed by atoms with Crippen LogP contribution in [-0.4, -0.2) is 61.7 Å². The number of thioether (sulfide) groups is 1. The lowest BCUT2D eigenvalue weighted by Gasteiger charge is -2.33. The maximum atomic E-state index is 12.6. The van der Waals surface area contributed by atoms with E-state index in [9.17, 15) is 13.2 Å². The highest BCUT2D eigenvalue weighted by Gasteiger charge is 2.35. The van der Waals surface area contributed by atoms with Gasteiger partial charge < -0.3 is 0 Å². The molecule has 1 atom stereocenters. The maximum absolute atomic E-state index is 12.6. The molecule has 1 aliphatic heterocycles. The van der Waals surface area contributed by atoms with Gasteiger partial charge in [-0.3, -0.25) is 9.80 Å². The molecular weight excluding hydrogens is 344 g/mol. The summed E-state index contributed by atoms with van der Waals surface area (Å²) >= 11 is 1.66. The largest absolute Gasteiger partial charge is 0.273 e. The first-order chi connectivity index (χ1) is 11.2. The molecule has 0 aromatic heterocycles. The Morgan fingerprint density at radius 1 is 1.25 bits per heavy atom. The van der Waals surface area contributed by atoms with Gasteiger partial charge in [0.25, 0.3) is 0 Å². The van der Waals surface area contributed by atoms with Crippen LogP contribution in [0, 0.1) is 13.8 Å². The van der Waals surface area contributed by atoms with Crippen molar-refractivity contribution in [1.82, 2.24) is 10.0 Å². The Morgan fingerprint density at radius 3 is 2.50 bits per heavy atom. The first-order valence-corrected chi connectivity index (χ1v) is 10.9. The summed E-state index contributed by atoms with van der Waals surface area (Å²) in [6, 6.07) is 6.07. The van der Waals surface area contributed by atoms with Crippen molar-refractivity contribution in [3.63, 3.8) is 0 Å². The number of hydrogen-bond acceptors (Lipinski definition) is 5. The smallest absolute Gasteiger partial charge is 0.237 e. The molecule has 0 spiro atoms. The second kappa shape index (κ2) is 7.89. The van der Waals surface area contributed by atoms with Crippen molar-refractivity contribution in [2.24, 2.45) is 0 Å². The number of hydrazine groups is 1. The maximum Gasteiger partial charge on any atom is 0.237 e. The topological polar surface area (TPSA) is 57.7 Å². The third-order valence-electron chi connectivity index (χ3n) is 4.30. The number of aryl methyl sites for hydroxylation is 2. The Labute approximate surface area is 149 Å². The Morgan fingerprint density at radius 2 is 1.96 bits per heavy atom. The van der Waals surface area contributed by atoms with Gasteiger partial charge in [-0.2, -0.15) is 0 Å². The lowest BCUT2D eigenvalue weighted by Crippen LogP contribution is -2.49. The number of carbonyl (C=O) groups excluding carboxylic acids is 1. The van der Waals surface area contributed by atoms with E-state index in [4.69, 9.17) is 0 Å². The second-order valence-corrected chi connectivity index (χ2v) is 9.88. The van der Waals surface area contributed by atoms with Crippen LogP contribution < -0.4 is 0 Å². The molecule has 1 saturated heterocycles. The molecule has 0 bridgehead atoms. The molecule has 134 valence electrons. The number of hydrogen-bond donors (Lipinski definition) is 0. The van der Waals surface area contributed by atoms with E-state index in [2.05, 4.69) is 32.0 Å². The summed E-state index contributed by atoms with van der Waals surface area (Å²) in [6.07, 6.45) is 0.920. The van der Waals surface area contributed by atoms with Crippen LogP contribution in [0.5, 0.6) is 0 Å². The molecule has 1 aliphatic rings. The molecule has 1 amide bonds. The Hall–Kier alpha value is -1.05. The van der Waals surface area contributed by atoms with Crippen molar-refractivity contribution >= 4 is 27.5 Å². The van der Waals surface area contributed by atoms with E-state index in [1.165, 1.54) is 11.1 Å². The van der Waals surface area contributed by atoms with E-state index in [1.807, 2.05) is 0 Å². The van der Waals surface area contributed by atoms with Gasteiger partial charge in [-0.25, -0.2) is 13.4 Å². The van der Waals surface area contributed by atoms with Gasteiger partial charge >= 0.3 is 0 Å². The van der Waals surface area contributed by atoms with Gasteiger partial charge in [0, 0.05) is 31.2 Å². The third-order valence-corrected chi connectivity index (χ3v) is 7.05. The van der Waals surface area contributed by atoms with E-state index in [1.54, 1.807) is 35.9 Å². The highest BCUT2D eigenvalue weighted by Crippen LogP contribution is 2.23. The molecule has 24 heavy (non-hydrogen) atoms. The number of benzene rings is 1. The zero-order valence-electron chi connectivity index (χ0n) is 14.8. The van der Waals surface area contributed by atoms with E-state index < -0.39 is 9.84 Å². The first-order valence-electron chi connectivity index (χ1n) is 8.09. The zero-order chi connectivity index (χ0) is 17.9. The summed E-state index contributed by atoms with van der Waals surface area (Å²) in [5.41, 5.74) is 2.51. The number of carbonyl (C=O) groups is 1. The number of amides is 1. The molecule has 7 heteroatoms. The van der Waals surface area contributed by atoms with Gasteiger partial charge in [0.1, 0.15) is 0 Å². The van der Waals surface area contributed by atoms with Crippen molar-refractivity contribution in [1.29, 1.82) is 0 Å². The molecule has 2 rings (SSSR count). The highest BCUT2D eigenvalue weighted by molar-refractivity contribution is 7.99. The van der Waals surface area contributed by atoms with E-state index in [0.717, 1.165) is 4.90 Å². The molecule has 0 N–H and O–H groups in total. The monoisotopic (exact) mass is 370 g/mol. The van der Waals surface area contributed by atoms with Crippen LogP contribution in [0.2, 0.25) is 0 Å². The van der Waals surface area contributed by atoms with Crippen molar-refractivity contribution < 1.29 is 13.2 Å². The van der Waals surface area contributed by atoms with Gasteiger partial charge in [0.2, 0.25) is 5.91 Å². The summed E-state index contributed by atoms with van der Waals surface area (Å²) in [7, 11) is 0.576. The summed E-state index contributed by atoms with van der Waals surface area (Å²) in [5, 5.41) is 3.33. The lowest BCUT2D eigenvalue weighted by molar-refractivity contribution is -0.148. The molecule has 1 aromatic carbocycles. The molecule has 0 aliphatic carbocycles.